The third-order valence-corrected chi connectivity index (χ3v) is 3.81. The molecule has 1 saturated heterocycles. The van der Waals surface area contributed by atoms with Gasteiger partial charge in [-0.2, -0.15) is 0 Å². The van der Waals surface area contributed by atoms with Crippen LogP contribution < -0.4 is 0 Å². The first-order valence-corrected chi connectivity index (χ1v) is 7.45. The van der Waals surface area contributed by atoms with Crippen molar-refractivity contribution in [2.24, 2.45) is 0 Å². The second-order valence-corrected chi connectivity index (χ2v) is 5.34. The van der Waals surface area contributed by atoms with Gasteiger partial charge in [-0.15, -0.1) is 0 Å². The van der Waals surface area contributed by atoms with Crippen LogP contribution in [0.1, 0.15) is 15.9 Å². The maximum Gasteiger partial charge on any atom is 0.257 e. The molecule has 0 N–H and O–H groups in total. The Labute approximate surface area is 134 Å². The molecule has 0 radical (unpaired) electrons. The summed E-state index contributed by atoms with van der Waals surface area (Å²) in [4.78, 5) is 39.8. The zero-order valence-corrected chi connectivity index (χ0v) is 12.6. The summed E-state index contributed by atoms with van der Waals surface area (Å²) in [6.45, 7) is 2.12. The minimum Gasteiger partial charge on any atom is -0.339 e. The molecule has 2 aromatic heterocycles. The number of rotatable bonds is 3. The van der Waals surface area contributed by atoms with Crippen molar-refractivity contribution in [3.8, 4) is 0 Å². The molecule has 0 aliphatic carbocycles. The number of aromatic nitrogens is 3. The van der Waals surface area contributed by atoms with Crippen molar-refractivity contribution < 1.29 is 9.59 Å². The fraction of sp³-hybridized carbons (Fsp3) is 0.312. The standard InChI is InChI=1S/C16H17N5O2/c22-15(8-13-2-1-3-17-9-13)20-4-6-21(7-5-20)16(23)14-10-18-12-19-11-14/h1-3,9-12H,4-8H2. The van der Waals surface area contributed by atoms with Gasteiger partial charge in [0.05, 0.1) is 12.0 Å². The number of hydrogen-bond donors (Lipinski definition) is 0. The second kappa shape index (κ2) is 6.95. The average Bonchev–Trinajstić information content (AvgIpc) is 2.63. The van der Waals surface area contributed by atoms with Gasteiger partial charge < -0.3 is 9.80 Å². The van der Waals surface area contributed by atoms with Crippen LogP contribution in [0, 0.1) is 0 Å². The highest BCUT2D eigenvalue weighted by Gasteiger charge is 2.25. The van der Waals surface area contributed by atoms with Gasteiger partial charge in [0, 0.05) is 51.0 Å². The second-order valence-electron chi connectivity index (χ2n) is 5.34. The topological polar surface area (TPSA) is 79.3 Å². The molecule has 118 valence electrons. The molecule has 1 aliphatic rings. The molecular weight excluding hydrogens is 294 g/mol. The lowest BCUT2D eigenvalue weighted by Gasteiger charge is -2.34. The van der Waals surface area contributed by atoms with E-state index in [1.165, 1.54) is 18.7 Å². The van der Waals surface area contributed by atoms with E-state index < -0.39 is 0 Å². The third kappa shape index (κ3) is 3.68. The molecule has 0 atom stereocenters. The molecule has 7 heteroatoms. The number of nitrogens with zero attached hydrogens (tertiary/aromatic N) is 5. The number of pyridine rings is 1. The van der Waals surface area contributed by atoms with E-state index in [0.29, 0.717) is 38.2 Å². The highest BCUT2D eigenvalue weighted by atomic mass is 16.2. The van der Waals surface area contributed by atoms with Gasteiger partial charge in [0.1, 0.15) is 6.33 Å². The van der Waals surface area contributed by atoms with Gasteiger partial charge in [-0.1, -0.05) is 6.07 Å². The summed E-state index contributed by atoms with van der Waals surface area (Å²) >= 11 is 0. The summed E-state index contributed by atoms with van der Waals surface area (Å²) in [7, 11) is 0. The summed E-state index contributed by atoms with van der Waals surface area (Å²) in [5.74, 6) is -0.0295. The Morgan fingerprint density at radius 1 is 0.957 bits per heavy atom. The molecule has 1 fully saturated rings. The van der Waals surface area contributed by atoms with Crippen LogP contribution in [0.25, 0.3) is 0 Å². The van der Waals surface area contributed by atoms with E-state index in [9.17, 15) is 9.59 Å². The largest absolute Gasteiger partial charge is 0.339 e. The number of amides is 2. The molecule has 3 rings (SSSR count). The van der Waals surface area contributed by atoms with E-state index in [0.717, 1.165) is 5.56 Å². The highest BCUT2D eigenvalue weighted by molar-refractivity contribution is 5.93. The molecule has 0 bridgehead atoms. The minimum absolute atomic E-state index is 0.0631. The number of carbonyl (C=O) groups excluding carboxylic acids is 2. The summed E-state index contributed by atoms with van der Waals surface area (Å²) in [6, 6.07) is 3.71. The Morgan fingerprint density at radius 2 is 1.65 bits per heavy atom. The smallest absolute Gasteiger partial charge is 0.257 e. The van der Waals surface area contributed by atoms with Crippen molar-refractivity contribution in [3.05, 3.63) is 54.4 Å². The van der Waals surface area contributed by atoms with Crippen LogP contribution in [0.2, 0.25) is 0 Å². The van der Waals surface area contributed by atoms with Crippen LogP contribution in [-0.2, 0) is 11.2 Å². The summed E-state index contributed by atoms with van der Waals surface area (Å²) in [6.07, 6.45) is 8.14. The normalized spacial score (nSPS) is 14.6. The van der Waals surface area contributed by atoms with Crippen LogP contribution in [0.5, 0.6) is 0 Å². The summed E-state index contributed by atoms with van der Waals surface area (Å²) in [5.41, 5.74) is 1.38. The van der Waals surface area contributed by atoms with Crippen LogP contribution in [-0.4, -0.2) is 62.7 Å². The lowest BCUT2D eigenvalue weighted by molar-refractivity contribution is -0.131. The maximum absolute atomic E-state index is 12.3. The van der Waals surface area contributed by atoms with E-state index in [-0.39, 0.29) is 11.8 Å². The molecule has 0 unspecified atom stereocenters. The Hall–Kier alpha value is -2.83. The SMILES string of the molecule is O=C(Cc1cccnc1)N1CCN(C(=O)c2cncnc2)CC1. The lowest BCUT2D eigenvalue weighted by atomic mass is 10.1. The van der Waals surface area contributed by atoms with Gasteiger partial charge in [0.25, 0.3) is 5.91 Å². The van der Waals surface area contributed by atoms with Crippen molar-refractivity contribution in [2.75, 3.05) is 26.2 Å². The van der Waals surface area contributed by atoms with Gasteiger partial charge in [0.15, 0.2) is 0 Å². The molecule has 0 spiro atoms. The first-order chi connectivity index (χ1) is 11.2. The Morgan fingerprint density at radius 3 is 2.30 bits per heavy atom. The summed E-state index contributed by atoms with van der Waals surface area (Å²) in [5, 5.41) is 0. The Bertz CT molecular complexity index is 669. The molecule has 0 saturated carbocycles. The van der Waals surface area contributed by atoms with Gasteiger partial charge in [-0.25, -0.2) is 9.97 Å². The van der Waals surface area contributed by atoms with Crippen molar-refractivity contribution in [3.63, 3.8) is 0 Å². The van der Waals surface area contributed by atoms with Gasteiger partial charge in [-0.3, -0.25) is 14.6 Å². The van der Waals surface area contributed by atoms with E-state index >= 15 is 0 Å². The predicted molar refractivity (Wildman–Crippen MR) is 82.5 cm³/mol. The fourth-order valence-corrected chi connectivity index (χ4v) is 2.54. The molecule has 0 aromatic carbocycles. The van der Waals surface area contributed by atoms with Crippen LogP contribution >= 0.6 is 0 Å². The van der Waals surface area contributed by atoms with Crippen LogP contribution in [0.15, 0.2) is 43.2 Å². The van der Waals surface area contributed by atoms with Crippen molar-refractivity contribution in [2.45, 2.75) is 6.42 Å². The van der Waals surface area contributed by atoms with Crippen molar-refractivity contribution in [1.82, 2.24) is 24.8 Å². The molecule has 2 aromatic rings. The fourth-order valence-electron chi connectivity index (χ4n) is 2.54. The first-order valence-electron chi connectivity index (χ1n) is 7.45. The van der Waals surface area contributed by atoms with E-state index in [4.69, 9.17) is 0 Å². The van der Waals surface area contributed by atoms with E-state index in [2.05, 4.69) is 15.0 Å². The quantitative estimate of drug-likeness (QED) is 0.820. The zero-order valence-electron chi connectivity index (χ0n) is 12.6. The number of piperazine rings is 1. The van der Waals surface area contributed by atoms with Crippen molar-refractivity contribution >= 4 is 11.8 Å². The molecular formula is C16H17N5O2. The Kier molecular flexibility index (Phi) is 4.56. The van der Waals surface area contributed by atoms with Gasteiger partial charge >= 0.3 is 0 Å². The molecule has 3 heterocycles. The monoisotopic (exact) mass is 311 g/mol. The van der Waals surface area contributed by atoms with E-state index in [1.54, 1.807) is 22.2 Å². The summed E-state index contributed by atoms with van der Waals surface area (Å²) < 4.78 is 0. The van der Waals surface area contributed by atoms with E-state index in [1.807, 2.05) is 12.1 Å². The Balaban J connectivity index is 1.54. The molecule has 23 heavy (non-hydrogen) atoms. The maximum atomic E-state index is 12.3. The molecule has 7 nitrogen and oxygen atoms in total. The first kappa shape index (κ1) is 15.1. The third-order valence-electron chi connectivity index (χ3n) is 3.81. The lowest BCUT2D eigenvalue weighted by Crippen LogP contribution is -2.51. The van der Waals surface area contributed by atoms with Crippen molar-refractivity contribution in [1.29, 1.82) is 0 Å². The average molecular weight is 311 g/mol. The van der Waals surface area contributed by atoms with Crippen LogP contribution in [0.4, 0.5) is 0 Å². The zero-order chi connectivity index (χ0) is 16.1. The van der Waals surface area contributed by atoms with Gasteiger partial charge in [0.2, 0.25) is 5.91 Å². The van der Waals surface area contributed by atoms with Gasteiger partial charge in [-0.05, 0) is 11.6 Å². The predicted octanol–water partition coefficient (Wildman–Crippen LogP) is 0.399. The highest BCUT2D eigenvalue weighted by Crippen LogP contribution is 2.09. The minimum atomic E-state index is -0.0926. The molecule has 1 aliphatic heterocycles. The number of carbonyl (C=O) groups is 2. The number of hydrogen-bond acceptors (Lipinski definition) is 5. The molecule has 2 amide bonds. The van der Waals surface area contributed by atoms with Crippen LogP contribution in [0.3, 0.4) is 0 Å².